The fraction of sp³-hybridized carbons (Fsp3) is 0.444. The summed E-state index contributed by atoms with van der Waals surface area (Å²) in [4.78, 5) is 15.3. The summed E-state index contributed by atoms with van der Waals surface area (Å²) in [6, 6.07) is 2.10. The van der Waals surface area contributed by atoms with E-state index in [1.54, 1.807) is 19.2 Å². The quantitative estimate of drug-likeness (QED) is 0.801. The van der Waals surface area contributed by atoms with Crippen molar-refractivity contribution in [2.45, 2.75) is 13.8 Å². The summed E-state index contributed by atoms with van der Waals surface area (Å²) in [5, 5.41) is 13.3. The van der Waals surface area contributed by atoms with E-state index in [1.807, 2.05) is 0 Å². The molecule has 0 radical (unpaired) electrons. The minimum Gasteiger partial charge on any atom is -0.375 e. The van der Waals surface area contributed by atoms with Gasteiger partial charge in [-0.05, 0) is 13.8 Å². The Balaban J connectivity index is 2.55. The molecule has 0 atom stereocenters. The Kier molecular flexibility index (Phi) is 3.27. The van der Waals surface area contributed by atoms with Gasteiger partial charge in [0, 0.05) is 11.9 Å². The van der Waals surface area contributed by atoms with Gasteiger partial charge >= 0.3 is 0 Å². The van der Waals surface area contributed by atoms with Crippen LogP contribution in [0.15, 0.2) is 5.38 Å². The van der Waals surface area contributed by atoms with E-state index < -0.39 is 5.41 Å². The SMILES string of the molecule is CC(C)(C#N)CNC(=O)c1csc(N)n1. The molecule has 1 aromatic heterocycles. The normalized spacial score (nSPS) is 10.7. The molecule has 0 spiro atoms. The van der Waals surface area contributed by atoms with Crippen LogP contribution in [0, 0.1) is 16.7 Å². The third-order valence-electron chi connectivity index (χ3n) is 1.75. The number of amides is 1. The van der Waals surface area contributed by atoms with Gasteiger partial charge in [-0.1, -0.05) is 0 Å². The minimum atomic E-state index is -0.572. The van der Waals surface area contributed by atoms with Crippen LogP contribution in [0.2, 0.25) is 0 Å². The van der Waals surface area contributed by atoms with Crippen molar-refractivity contribution in [3.8, 4) is 6.07 Å². The zero-order valence-corrected chi connectivity index (χ0v) is 9.39. The number of nitrogens with two attached hydrogens (primary N) is 1. The lowest BCUT2D eigenvalue weighted by molar-refractivity contribution is 0.0939. The van der Waals surface area contributed by atoms with E-state index in [1.165, 1.54) is 11.3 Å². The number of nitrogens with zero attached hydrogens (tertiary/aromatic N) is 2. The highest BCUT2D eigenvalue weighted by Gasteiger charge is 2.18. The molecule has 0 aliphatic carbocycles. The number of hydrogen-bond acceptors (Lipinski definition) is 5. The van der Waals surface area contributed by atoms with Gasteiger partial charge in [-0.25, -0.2) is 4.98 Å². The van der Waals surface area contributed by atoms with Gasteiger partial charge in [-0.2, -0.15) is 5.26 Å². The maximum atomic E-state index is 11.5. The van der Waals surface area contributed by atoms with Crippen LogP contribution in [0.5, 0.6) is 0 Å². The summed E-state index contributed by atoms with van der Waals surface area (Å²) in [6.07, 6.45) is 0. The summed E-state index contributed by atoms with van der Waals surface area (Å²) in [5.41, 5.74) is 5.12. The van der Waals surface area contributed by atoms with E-state index >= 15 is 0 Å². The standard InChI is InChI=1S/C9H12N4OS/c1-9(2,4-10)5-12-7(14)6-3-15-8(11)13-6/h3H,5H2,1-2H3,(H2,11,13)(H,12,14). The molecule has 0 unspecified atom stereocenters. The van der Waals surface area contributed by atoms with E-state index in [0.717, 1.165) is 0 Å². The maximum Gasteiger partial charge on any atom is 0.270 e. The van der Waals surface area contributed by atoms with Crippen LogP contribution in [0.4, 0.5) is 5.13 Å². The molecule has 0 saturated heterocycles. The molecule has 1 heterocycles. The summed E-state index contributed by atoms with van der Waals surface area (Å²) in [5.74, 6) is -0.300. The molecule has 1 amide bonds. The molecule has 0 aromatic carbocycles. The van der Waals surface area contributed by atoms with Crippen molar-refractivity contribution < 1.29 is 4.79 Å². The summed E-state index contributed by atoms with van der Waals surface area (Å²) < 4.78 is 0. The first-order valence-electron chi connectivity index (χ1n) is 4.35. The van der Waals surface area contributed by atoms with Crippen molar-refractivity contribution in [1.82, 2.24) is 10.3 Å². The molecule has 0 saturated carbocycles. The smallest absolute Gasteiger partial charge is 0.270 e. The predicted molar refractivity (Wildman–Crippen MR) is 58.3 cm³/mol. The number of nitrogens with one attached hydrogen (secondary N) is 1. The Bertz CT molecular complexity index is 404. The molecule has 80 valence electrons. The number of nitrogen functional groups attached to an aromatic ring is 1. The largest absolute Gasteiger partial charge is 0.375 e. The predicted octanol–water partition coefficient (Wildman–Crippen LogP) is 1.00. The number of thiazole rings is 1. The second-order valence-corrected chi connectivity index (χ2v) is 4.64. The van der Waals surface area contributed by atoms with Gasteiger partial charge in [0.15, 0.2) is 5.13 Å². The van der Waals surface area contributed by atoms with Gasteiger partial charge in [0.25, 0.3) is 5.91 Å². The molecule has 1 aromatic rings. The van der Waals surface area contributed by atoms with Gasteiger partial charge < -0.3 is 11.1 Å². The van der Waals surface area contributed by atoms with Crippen molar-refractivity contribution in [1.29, 1.82) is 5.26 Å². The van der Waals surface area contributed by atoms with E-state index in [0.29, 0.717) is 17.4 Å². The zero-order chi connectivity index (χ0) is 11.5. The molecule has 5 nitrogen and oxygen atoms in total. The van der Waals surface area contributed by atoms with E-state index in [4.69, 9.17) is 11.0 Å². The number of anilines is 1. The third-order valence-corrected chi connectivity index (χ3v) is 2.42. The van der Waals surface area contributed by atoms with Crippen LogP contribution in [-0.2, 0) is 0 Å². The van der Waals surface area contributed by atoms with Crippen molar-refractivity contribution in [3.63, 3.8) is 0 Å². The van der Waals surface area contributed by atoms with Crippen LogP contribution >= 0.6 is 11.3 Å². The number of rotatable bonds is 3. The Labute approximate surface area is 91.9 Å². The van der Waals surface area contributed by atoms with Crippen LogP contribution in [-0.4, -0.2) is 17.4 Å². The van der Waals surface area contributed by atoms with Crippen LogP contribution in [0.25, 0.3) is 0 Å². The molecule has 3 N–H and O–H groups in total. The Hall–Kier alpha value is -1.61. The lowest BCUT2D eigenvalue weighted by Crippen LogP contribution is -2.33. The van der Waals surface area contributed by atoms with Gasteiger partial charge in [-0.15, -0.1) is 11.3 Å². The number of nitriles is 1. The molecule has 15 heavy (non-hydrogen) atoms. The molecule has 0 bridgehead atoms. The summed E-state index contributed by atoms with van der Waals surface area (Å²) >= 11 is 1.21. The fourth-order valence-corrected chi connectivity index (χ4v) is 1.37. The monoisotopic (exact) mass is 224 g/mol. The van der Waals surface area contributed by atoms with Gasteiger partial charge in [0.1, 0.15) is 5.69 Å². The van der Waals surface area contributed by atoms with E-state index in [9.17, 15) is 4.79 Å². The summed E-state index contributed by atoms with van der Waals surface area (Å²) in [6.45, 7) is 3.80. The van der Waals surface area contributed by atoms with Crippen molar-refractivity contribution in [2.75, 3.05) is 12.3 Å². The average Bonchev–Trinajstić information content (AvgIpc) is 2.61. The zero-order valence-electron chi connectivity index (χ0n) is 8.57. The lowest BCUT2D eigenvalue weighted by atomic mass is 9.96. The Morgan fingerprint density at radius 1 is 1.80 bits per heavy atom. The highest BCUT2D eigenvalue weighted by Crippen LogP contribution is 2.13. The van der Waals surface area contributed by atoms with Gasteiger partial charge in [0.2, 0.25) is 0 Å². The average molecular weight is 224 g/mol. The van der Waals surface area contributed by atoms with Gasteiger partial charge in [-0.3, -0.25) is 4.79 Å². The minimum absolute atomic E-state index is 0.291. The highest BCUT2D eigenvalue weighted by molar-refractivity contribution is 7.13. The first kappa shape index (κ1) is 11.5. The van der Waals surface area contributed by atoms with E-state index in [2.05, 4.69) is 16.4 Å². The fourth-order valence-electron chi connectivity index (χ4n) is 0.823. The first-order valence-corrected chi connectivity index (χ1v) is 5.23. The summed E-state index contributed by atoms with van der Waals surface area (Å²) in [7, 11) is 0. The first-order chi connectivity index (χ1) is 6.94. The van der Waals surface area contributed by atoms with Crippen LogP contribution < -0.4 is 11.1 Å². The number of hydrogen-bond donors (Lipinski definition) is 2. The van der Waals surface area contributed by atoms with Gasteiger partial charge in [0.05, 0.1) is 11.5 Å². The number of aromatic nitrogens is 1. The molecular weight excluding hydrogens is 212 g/mol. The lowest BCUT2D eigenvalue weighted by Gasteiger charge is -2.14. The molecule has 1 rings (SSSR count). The van der Waals surface area contributed by atoms with E-state index in [-0.39, 0.29) is 5.91 Å². The molecular formula is C9H12N4OS. The molecule has 6 heteroatoms. The second kappa shape index (κ2) is 4.28. The van der Waals surface area contributed by atoms with Crippen LogP contribution in [0.3, 0.4) is 0 Å². The second-order valence-electron chi connectivity index (χ2n) is 3.75. The topological polar surface area (TPSA) is 91.8 Å². The Morgan fingerprint density at radius 2 is 2.47 bits per heavy atom. The van der Waals surface area contributed by atoms with Crippen molar-refractivity contribution in [3.05, 3.63) is 11.1 Å². The maximum absolute atomic E-state index is 11.5. The molecule has 0 fully saturated rings. The highest BCUT2D eigenvalue weighted by atomic mass is 32.1. The third kappa shape index (κ3) is 3.22. The Morgan fingerprint density at radius 3 is 2.93 bits per heavy atom. The van der Waals surface area contributed by atoms with Crippen molar-refractivity contribution >= 4 is 22.4 Å². The van der Waals surface area contributed by atoms with Crippen LogP contribution in [0.1, 0.15) is 24.3 Å². The number of carbonyl (C=O) groups excluding carboxylic acids is 1. The molecule has 0 aliphatic rings. The number of carbonyl (C=O) groups is 1. The van der Waals surface area contributed by atoms with Crippen molar-refractivity contribution in [2.24, 2.45) is 5.41 Å². The molecule has 0 aliphatic heterocycles.